The number of halogens is 3. The molecule has 2 aromatic rings. The molecule has 192 valence electrons. The van der Waals surface area contributed by atoms with Crippen LogP contribution < -0.4 is 5.32 Å². The molecule has 36 heavy (non-hydrogen) atoms. The minimum absolute atomic E-state index is 0.0312. The van der Waals surface area contributed by atoms with Crippen LogP contribution >= 0.6 is 11.6 Å². The van der Waals surface area contributed by atoms with Crippen molar-refractivity contribution < 1.29 is 26.8 Å². The second kappa shape index (κ2) is 9.41. The van der Waals surface area contributed by atoms with E-state index in [-0.39, 0.29) is 33.0 Å². The molecule has 1 heterocycles. The number of nitrogens with zero attached hydrogens (tertiary/aromatic N) is 1. The summed E-state index contributed by atoms with van der Waals surface area (Å²) >= 11 is 5.70. The highest BCUT2D eigenvalue weighted by atomic mass is 35.5. The van der Waals surface area contributed by atoms with Gasteiger partial charge >= 0.3 is 0 Å². The Hall–Kier alpha value is -2.52. The second-order valence-electron chi connectivity index (χ2n) is 10.0. The van der Waals surface area contributed by atoms with Gasteiger partial charge in [-0.05, 0) is 81.7 Å². The SMILES string of the molecule is C[C@@H]1CC[C@H](C(=O)N[C@@H](c2cc(F)c(Cl)cc2F)C2CC2)N1C(=O)c1cccc(S(=O)(=O)C2CC2)c1. The third-order valence-electron chi connectivity index (χ3n) is 7.34. The lowest BCUT2D eigenvalue weighted by Gasteiger charge is -2.30. The van der Waals surface area contributed by atoms with Crippen molar-refractivity contribution in [1.82, 2.24) is 10.2 Å². The van der Waals surface area contributed by atoms with Gasteiger partial charge in [-0.25, -0.2) is 17.2 Å². The van der Waals surface area contributed by atoms with Crippen LogP contribution in [0.3, 0.4) is 0 Å². The van der Waals surface area contributed by atoms with Crippen LogP contribution in [0.25, 0.3) is 0 Å². The topological polar surface area (TPSA) is 83.6 Å². The van der Waals surface area contributed by atoms with Crippen molar-refractivity contribution in [3.05, 3.63) is 64.2 Å². The molecule has 1 saturated heterocycles. The minimum atomic E-state index is -3.47. The van der Waals surface area contributed by atoms with Crippen LogP contribution in [-0.4, -0.2) is 42.5 Å². The largest absolute Gasteiger partial charge is 0.347 e. The Labute approximate surface area is 213 Å². The van der Waals surface area contributed by atoms with E-state index in [1.165, 1.54) is 17.0 Å². The molecule has 1 N–H and O–H groups in total. The number of nitrogens with one attached hydrogen (secondary N) is 1. The summed E-state index contributed by atoms with van der Waals surface area (Å²) in [5, 5.41) is 2.13. The van der Waals surface area contributed by atoms with Crippen molar-refractivity contribution in [2.75, 3.05) is 0 Å². The molecule has 3 aliphatic rings. The molecular weight excluding hydrogens is 510 g/mol. The standard InChI is InChI=1S/C26H27ClF2N2O4S/c1-14-5-10-23(25(32)30-24(15-6-7-15)19-12-22(29)20(27)13-21(19)28)31(14)26(33)16-3-2-4-18(11-16)36(34,35)17-8-9-17/h2-4,11-15,17,23-24H,5-10H2,1H3,(H,30,32)/t14-,23-,24-/m1/s1. The summed E-state index contributed by atoms with van der Waals surface area (Å²) < 4.78 is 54.1. The number of carbonyl (C=O) groups excluding carboxylic acids is 2. The maximum absolute atomic E-state index is 14.7. The zero-order chi connectivity index (χ0) is 25.8. The number of likely N-dealkylation sites (tertiary alicyclic amines) is 1. The molecule has 6 nitrogen and oxygen atoms in total. The van der Waals surface area contributed by atoms with Gasteiger partial charge in [-0.15, -0.1) is 0 Å². The fraction of sp³-hybridized carbons (Fsp3) is 0.462. The summed E-state index contributed by atoms with van der Waals surface area (Å²) in [6.45, 7) is 1.84. The number of carbonyl (C=O) groups is 2. The molecule has 2 amide bonds. The number of benzene rings is 2. The summed E-state index contributed by atoms with van der Waals surface area (Å²) in [6.07, 6.45) is 3.76. The third-order valence-corrected chi connectivity index (χ3v) is 9.89. The summed E-state index contributed by atoms with van der Waals surface area (Å²) in [5.41, 5.74) is 0.238. The molecule has 0 aromatic heterocycles. The van der Waals surface area contributed by atoms with E-state index in [0.29, 0.717) is 25.7 Å². The smallest absolute Gasteiger partial charge is 0.254 e. The van der Waals surface area contributed by atoms with Gasteiger partial charge in [-0.2, -0.15) is 0 Å². The van der Waals surface area contributed by atoms with Crippen LogP contribution in [-0.2, 0) is 14.6 Å². The molecule has 10 heteroatoms. The van der Waals surface area contributed by atoms with Gasteiger partial charge < -0.3 is 10.2 Å². The molecule has 0 bridgehead atoms. The monoisotopic (exact) mass is 536 g/mol. The molecule has 1 aliphatic heterocycles. The van der Waals surface area contributed by atoms with Crippen LogP contribution in [0, 0.1) is 17.6 Å². The van der Waals surface area contributed by atoms with Crippen molar-refractivity contribution in [2.45, 2.75) is 73.7 Å². The normalized spacial score (nSPS) is 22.9. The first-order chi connectivity index (χ1) is 17.1. The van der Waals surface area contributed by atoms with E-state index < -0.39 is 50.6 Å². The molecule has 2 saturated carbocycles. The quantitative estimate of drug-likeness (QED) is 0.515. The van der Waals surface area contributed by atoms with Gasteiger partial charge in [-0.3, -0.25) is 9.59 Å². The Morgan fingerprint density at radius 2 is 1.75 bits per heavy atom. The van der Waals surface area contributed by atoms with Crippen LogP contribution in [0.1, 0.15) is 67.4 Å². The molecule has 5 rings (SSSR count). The summed E-state index contributed by atoms with van der Waals surface area (Å²) in [4.78, 5) is 28.5. The van der Waals surface area contributed by atoms with Crippen molar-refractivity contribution in [3.63, 3.8) is 0 Å². The van der Waals surface area contributed by atoms with E-state index >= 15 is 0 Å². The van der Waals surface area contributed by atoms with Crippen molar-refractivity contribution in [2.24, 2.45) is 5.92 Å². The molecule has 0 unspecified atom stereocenters. The van der Waals surface area contributed by atoms with Crippen molar-refractivity contribution in [3.8, 4) is 0 Å². The maximum Gasteiger partial charge on any atom is 0.254 e. The number of rotatable bonds is 7. The zero-order valence-electron chi connectivity index (χ0n) is 19.7. The Morgan fingerprint density at radius 3 is 2.42 bits per heavy atom. The third kappa shape index (κ3) is 4.75. The van der Waals surface area contributed by atoms with Gasteiger partial charge in [0, 0.05) is 17.2 Å². The first kappa shape index (κ1) is 25.1. The Morgan fingerprint density at radius 1 is 1.03 bits per heavy atom. The van der Waals surface area contributed by atoms with Gasteiger partial charge in [0.05, 0.1) is 21.2 Å². The first-order valence-electron chi connectivity index (χ1n) is 12.2. The molecule has 2 aliphatic carbocycles. The lowest BCUT2D eigenvalue weighted by atomic mass is 10.0. The first-order valence-corrected chi connectivity index (χ1v) is 14.1. The molecule has 3 atom stereocenters. The molecule has 0 radical (unpaired) electrons. The lowest BCUT2D eigenvalue weighted by Crippen LogP contribution is -2.49. The molecule has 2 aromatic carbocycles. The van der Waals surface area contributed by atoms with E-state index in [9.17, 15) is 26.8 Å². The van der Waals surface area contributed by atoms with Crippen LogP contribution in [0.5, 0.6) is 0 Å². The van der Waals surface area contributed by atoms with Crippen LogP contribution in [0.15, 0.2) is 41.3 Å². The molecule has 0 spiro atoms. The highest BCUT2D eigenvalue weighted by Crippen LogP contribution is 2.43. The number of hydrogen-bond donors (Lipinski definition) is 1. The second-order valence-corrected chi connectivity index (χ2v) is 12.7. The van der Waals surface area contributed by atoms with E-state index in [0.717, 1.165) is 25.0 Å². The van der Waals surface area contributed by atoms with E-state index in [1.54, 1.807) is 12.1 Å². The average Bonchev–Trinajstić information content (AvgIpc) is 3.76. The Bertz CT molecular complexity index is 1330. The van der Waals surface area contributed by atoms with E-state index in [1.807, 2.05) is 6.92 Å². The summed E-state index contributed by atoms with van der Waals surface area (Å²) in [6, 6.07) is 6.10. The summed E-state index contributed by atoms with van der Waals surface area (Å²) in [7, 11) is -3.47. The maximum atomic E-state index is 14.7. The van der Waals surface area contributed by atoms with Gasteiger partial charge in [0.2, 0.25) is 5.91 Å². The minimum Gasteiger partial charge on any atom is -0.347 e. The van der Waals surface area contributed by atoms with Crippen LogP contribution in [0.4, 0.5) is 8.78 Å². The molecule has 3 fully saturated rings. The highest BCUT2D eigenvalue weighted by molar-refractivity contribution is 7.92. The fourth-order valence-corrected chi connectivity index (χ4v) is 6.87. The number of amides is 2. The van der Waals surface area contributed by atoms with Crippen molar-refractivity contribution in [1.29, 1.82) is 0 Å². The fourth-order valence-electron chi connectivity index (χ4n) is 5.01. The van der Waals surface area contributed by atoms with Gasteiger partial charge in [0.15, 0.2) is 9.84 Å². The number of hydrogen-bond acceptors (Lipinski definition) is 4. The van der Waals surface area contributed by atoms with Gasteiger partial charge in [0.25, 0.3) is 5.91 Å². The molecular formula is C26H27ClF2N2O4S. The summed E-state index contributed by atoms with van der Waals surface area (Å²) in [5.74, 6) is -2.36. The Balaban J connectivity index is 1.38. The van der Waals surface area contributed by atoms with E-state index in [4.69, 9.17) is 11.6 Å². The lowest BCUT2D eigenvalue weighted by molar-refractivity contribution is -0.126. The van der Waals surface area contributed by atoms with Crippen LogP contribution in [0.2, 0.25) is 5.02 Å². The predicted molar refractivity (Wildman–Crippen MR) is 130 cm³/mol. The Kier molecular flexibility index (Phi) is 6.57. The van der Waals surface area contributed by atoms with Gasteiger partial charge in [0.1, 0.15) is 17.7 Å². The zero-order valence-corrected chi connectivity index (χ0v) is 21.3. The van der Waals surface area contributed by atoms with Crippen molar-refractivity contribution >= 4 is 33.3 Å². The highest BCUT2D eigenvalue weighted by Gasteiger charge is 2.43. The average molecular weight is 537 g/mol. The number of sulfone groups is 1. The van der Waals surface area contributed by atoms with Gasteiger partial charge in [-0.1, -0.05) is 17.7 Å². The predicted octanol–water partition coefficient (Wildman–Crippen LogP) is 4.81. The van der Waals surface area contributed by atoms with E-state index in [2.05, 4.69) is 5.32 Å².